The zero-order valence-corrected chi connectivity index (χ0v) is 12.6. The van der Waals surface area contributed by atoms with Crippen molar-refractivity contribution in [3.8, 4) is 0 Å². The zero-order valence-electron chi connectivity index (χ0n) is 12.6. The summed E-state index contributed by atoms with van der Waals surface area (Å²) >= 11 is 0. The summed E-state index contributed by atoms with van der Waals surface area (Å²) in [5.41, 5.74) is 0. The summed E-state index contributed by atoms with van der Waals surface area (Å²) in [4.78, 5) is 34.0. The highest BCUT2D eigenvalue weighted by Gasteiger charge is 2.27. The molecule has 120 valence electrons. The summed E-state index contributed by atoms with van der Waals surface area (Å²) in [6, 6.07) is -1.53. The highest BCUT2D eigenvalue weighted by atomic mass is 16.5. The molecule has 1 aliphatic rings. The van der Waals surface area contributed by atoms with Crippen LogP contribution < -0.4 is 10.6 Å². The molecule has 7 nitrogen and oxygen atoms in total. The van der Waals surface area contributed by atoms with E-state index in [1.807, 2.05) is 6.92 Å². The average molecular weight is 300 g/mol. The molecule has 3 N–H and O–H groups in total. The molecule has 1 fully saturated rings. The second kappa shape index (κ2) is 8.49. The molecule has 0 spiro atoms. The van der Waals surface area contributed by atoms with Gasteiger partial charge in [-0.3, -0.25) is 4.79 Å². The van der Waals surface area contributed by atoms with Gasteiger partial charge in [-0.05, 0) is 25.2 Å². The summed E-state index contributed by atoms with van der Waals surface area (Å²) in [5.74, 6) is -0.974. The van der Waals surface area contributed by atoms with Gasteiger partial charge in [0.1, 0.15) is 6.04 Å². The van der Waals surface area contributed by atoms with E-state index in [9.17, 15) is 14.4 Å². The van der Waals surface area contributed by atoms with E-state index in [0.717, 1.165) is 12.8 Å². The van der Waals surface area contributed by atoms with Crippen LogP contribution in [-0.2, 0) is 14.3 Å². The Bertz CT molecular complexity index is 382. The molecule has 1 unspecified atom stereocenters. The summed E-state index contributed by atoms with van der Waals surface area (Å²) in [6.45, 7) is 1.99. The molecule has 2 amide bonds. The third-order valence-electron chi connectivity index (χ3n) is 3.61. The minimum Gasteiger partial charge on any atom is -0.480 e. The predicted molar refractivity (Wildman–Crippen MR) is 75.8 cm³/mol. The Balaban J connectivity index is 2.39. The van der Waals surface area contributed by atoms with E-state index in [0.29, 0.717) is 5.92 Å². The van der Waals surface area contributed by atoms with E-state index in [4.69, 9.17) is 5.11 Å². The third-order valence-corrected chi connectivity index (χ3v) is 3.61. The van der Waals surface area contributed by atoms with Gasteiger partial charge in [-0.1, -0.05) is 19.8 Å². The minimum atomic E-state index is -1.16. The SMILES string of the molecule is CCC(CC1CC1)NC(=O)N[C@H](CCC(=O)OC)C(=O)O. The zero-order chi connectivity index (χ0) is 15.8. The topological polar surface area (TPSA) is 105 Å². The highest BCUT2D eigenvalue weighted by molar-refractivity contribution is 5.83. The number of carbonyl (C=O) groups is 3. The van der Waals surface area contributed by atoms with Crippen molar-refractivity contribution in [2.45, 2.75) is 57.5 Å². The molecule has 0 bridgehead atoms. The number of esters is 1. The molecule has 0 heterocycles. The summed E-state index contributed by atoms with van der Waals surface area (Å²) in [7, 11) is 1.24. The lowest BCUT2D eigenvalue weighted by Gasteiger charge is -2.19. The summed E-state index contributed by atoms with van der Waals surface area (Å²) in [5, 5.41) is 14.3. The van der Waals surface area contributed by atoms with Gasteiger partial charge in [0.2, 0.25) is 0 Å². The molecule has 7 heteroatoms. The second-order valence-electron chi connectivity index (χ2n) is 5.41. The van der Waals surface area contributed by atoms with Gasteiger partial charge in [-0.2, -0.15) is 0 Å². The molecule has 1 aliphatic carbocycles. The fourth-order valence-corrected chi connectivity index (χ4v) is 2.09. The van der Waals surface area contributed by atoms with Gasteiger partial charge in [0.15, 0.2) is 0 Å². The summed E-state index contributed by atoms with van der Waals surface area (Å²) < 4.78 is 4.46. The molecule has 2 atom stereocenters. The van der Waals surface area contributed by atoms with E-state index in [1.165, 1.54) is 20.0 Å². The first-order chi connectivity index (χ1) is 9.96. The standard InChI is InChI=1S/C14H24N2O5/c1-3-10(8-9-4-5-9)15-14(20)16-11(13(18)19)6-7-12(17)21-2/h9-11H,3-8H2,1-2H3,(H,18,19)(H2,15,16,20)/t10?,11-/m1/s1. The molecule has 0 aromatic rings. The maximum Gasteiger partial charge on any atom is 0.326 e. The van der Waals surface area contributed by atoms with Crippen LogP contribution in [0.15, 0.2) is 0 Å². The van der Waals surface area contributed by atoms with Crippen LogP contribution in [0.5, 0.6) is 0 Å². The number of nitrogens with one attached hydrogen (secondary N) is 2. The van der Waals surface area contributed by atoms with E-state index in [1.54, 1.807) is 0 Å². The van der Waals surface area contributed by atoms with Crippen molar-refractivity contribution in [3.05, 3.63) is 0 Å². The van der Waals surface area contributed by atoms with Crippen molar-refractivity contribution < 1.29 is 24.2 Å². The van der Waals surface area contributed by atoms with Crippen molar-refractivity contribution in [1.29, 1.82) is 0 Å². The molecule has 0 saturated heterocycles. The third kappa shape index (κ3) is 6.97. The molecule has 0 aromatic carbocycles. The molecular formula is C14H24N2O5. The first-order valence-corrected chi connectivity index (χ1v) is 7.32. The highest BCUT2D eigenvalue weighted by Crippen LogP contribution is 2.33. The van der Waals surface area contributed by atoms with Crippen molar-refractivity contribution >= 4 is 18.0 Å². The van der Waals surface area contributed by atoms with E-state index in [-0.39, 0.29) is 18.9 Å². The average Bonchev–Trinajstić information content (AvgIpc) is 3.25. The Hall–Kier alpha value is -1.79. The fourth-order valence-electron chi connectivity index (χ4n) is 2.09. The molecule has 1 rings (SSSR count). The Kier molecular flexibility index (Phi) is 6.98. The van der Waals surface area contributed by atoms with Gasteiger partial charge in [0.05, 0.1) is 7.11 Å². The van der Waals surface area contributed by atoms with Gasteiger partial charge in [0, 0.05) is 12.5 Å². The van der Waals surface area contributed by atoms with Gasteiger partial charge in [-0.25, -0.2) is 9.59 Å². The normalized spacial score (nSPS) is 16.7. The Morgan fingerprint density at radius 3 is 2.43 bits per heavy atom. The van der Waals surface area contributed by atoms with Crippen LogP contribution in [0.2, 0.25) is 0 Å². The Morgan fingerprint density at radius 2 is 1.95 bits per heavy atom. The van der Waals surface area contributed by atoms with Crippen molar-refractivity contribution in [2.75, 3.05) is 7.11 Å². The molecule has 1 saturated carbocycles. The number of ether oxygens (including phenoxy) is 1. The number of hydrogen-bond donors (Lipinski definition) is 3. The molecule has 0 aliphatic heterocycles. The lowest BCUT2D eigenvalue weighted by molar-refractivity contribution is -0.142. The van der Waals surface area contributed by atoms with Gasteiger partial charge < -0.3 is 20.5 Å². The number of carboxylic acids is 1. The van der Waals surface area contributed by atoms with Crippen LogP contribution in [0, 0.1) is 5.92 Å². The van der Waals surface area contributed by atoms with Crippen LogP contribution in [0.3, 0.4) is 0 Å². The van der Waals surface area contributed by atoms with Crippen molar-refractivity contribution in [1.82, 2.24) is 10.6 Å². The van der Waals surface area contributed by atoms with Gasteiger partial charge in [0.25, 0.3) is 0 Å². The van der Waals surface area contributed by atoms with Crippen LogP contribution in [0.4, 0.5) is 4.79 Å². The number of rotatable bonds is 9. The van der Waals surface area contributed by atoms with Crippen LogP contribution in [0.1, 0.15) is 45.4 Å². The van der Waals surface area contributed by atoms with Gasteiger partial charge in [-0.15, -0.1) is 0 Å². The summed E-state index contributed by atoms with van der Waals surface area (Å²) in [6.07, 6.45) is 4.11. The largest absolute Gasteiger partial charge is 0.480 e. The van der Waals surface area contributed by atoms with Crippen LogP contribution >= 0.6 is 0 Å². The lowest BCUT2D eigenvalue weighted by atomic mass is 10.1. The monoisotopic (exact) mass is 300 g/mol. The lowest BCUT2D eigenvalue weighted by Crippen LogP contribution is -2.49. The van der Waals surface area contributed by atoms with Crippen molar-refractivity contribution in [2.24, 2.45) is 5.92 Å². The van der Waals surface area contributed by atoms with E-state index >= 15 is 0 Å². The number of carbonyl (C=O) groups excluding carboxylic acids is 2. The van der Waals surface area contributed by atoms with Crippen LogP contribution in [-0.4, -0.2) is 42.3 Å². The first-order valence-electron chi connectivity index (χ1n) is 7.32. The maximum absolute atomic E-state index is 11.8. The predicted octanol–water partition coefficient (Wildman–Crippen LogP) is 1.27. The number of carboxylic acid groups (broad SMARTS) is 1. The van der Waals surface area contributed by atoms with Crippen molar-refractivity contribution in [3.63, 3.8) is 0 Å². The fraction of sp³-hybridized carbons (Fsp3) is 0.786. The van der Waals surface area contributed by atoms with E-state index in [2.05, 4.69) is 15.4 Å². The quantitative estimate of drug-likeness (QED) is 0.556. The Morgan fingerprint density at radius 1 is 1.29 bits per heavy atom. The number of urea groups is 1. The number of amides is 2. The van der Waals surface area contributed by atoms with Crippen LogP contribution in [0.25, 0.3) is 0 Å². The Labute approximate surface area is 124 Å². The molecule has 0 aromatic heterocycles. The minimum absolute atomic E-state index is 0.00877. The number of hydrogen-bond acceptors (Lipinski definition) is 4. The molecular weight excluding hydrogens is 276 g/mol. The maximum atomic E-state index is 11.8. The second-order valence-corrected chi connectivity index (χ2v) is 5.41. The smallest absolute Gasteiger partial charge is 0.326 e. The first kappa shape index (κ1) is 17.3. The number of aliphatic carboxylic acids is 1. The molecule has 0 radical (unpaired) electrons. The molecule has 21 heavy (non-hydrogen) atoms. The number of methoxy groups -OCH3 is 1. The van der Waals surface area contributed by atoms with Gasteiger partial charge >= 0.3 is 18.0 Å². The van der Waals surface area contributed by atoms with E-state index < -0.39 is 24.0 Å².